The number of aromatic nitrogens is 1. The summed E-state index contributed by atoms with van der Waals surface area (Å²) in [6.45, 7) is 6.55. The highest BCUT2D eigenvalue weighted by Crippen LogP contribution is 2.24. The molecular weight excluding hydrogens is 348 g/mol. The van der Waals surface area contributed by atoms with E-state index in [-0.39, 0.29) is 5.91 Å². The molecule has 5 heteroatoms. The van der Waals surface area contributed by atoms with Crippen molar-refractivity contribution in [1.29, 1.82) is 0 Å². The van der Waals surface area contributed by atoms with Crippen LogP contribution in [-0.2, 0) is 0 Å². The van der Waals surface area contributed by atoms with Crippen molar-refractivity contribution in [3.05, 3.63) is 48.2 Å². The summed E-state index contributed by atoms with van der Waals surface area (Å²) >= 11 is 0. The maximum Gasteiger partial charge on any atom is 0.255 e. The van der Waals surface area contributed by atoms with Crippen LogP contribution >= 0.6 is 0 Å². The van der Waals surface area contributed by atoms with E-state index in [1.807, 2.05) is 18.2 Å². The number of piperidine rings is 2. The Bertz CT molecular complexity index is 799. The number of rotatable bonds is 4. The fourth-order valence-electron chi connectivity index (χ4n) is 4.24. The molecule has 0 saturated carbocycles. The van der Waals surface area contributed by atoms with E-state index in [0.29, 0.717) is 11.5 Å². The molecular formula is C23H30N4O. The first-order valence-electron chi connectivity index (χ1n) is 10.6. The number of carbonyl (C=O) groups excluding carboxylic acids is 1. The molecule has 2 fully saturated rings. The highest BCUT2D eigenvalue weighted by molar-refractivity contribution is 6.04. The second kappa shape index (κ2) is 8.63. The first-order chi connectivity index (χ1) is 13.7. The zero-order valence-corrected chi connectivity index (χ0v) is 16.7. The standard InChI is InChI=1S/C23H30N4O/c1-18-6-5-15-27(17-18)22-16-19(11-12-24-22)23(28)25-20-7-9-21(10-8-20)26-13-3-2-4-14-26/h7-12,16,18H,2-6,13-15,17H2,1H3,(H,25,28). The first-order valence-corrected chi connectivity index (χ1v) is 10.6. The van der Waals surface area contributed by atoms with Crippen molar-refractivity contribution in [2.24, 2.45) is 5.92 Å². The second-order valence-corrected chi connectivity index (χ2v) is 8.14. The molecule has 3 heterocycles. The number of amides is 1. The molecule has 0 spiro atoms. The van der Waals surface area contributed by atoms with Crippen LogP contribution in [0.25, 0.3) is 0 Å². The molecule has 148 valence electrons. The minimum atomic E-state index is -0.0839. The van der Waals surface area contributed by atoms with Gasteiger partial charge in [0.15, 0.2) is 0 Å². The fraction of sp³-hybridized carbons (Fsp3) is 0.478. The zero-order valence-electron chi connectivity index (χ0n) is 16.7. The SMILES string of the molecule is CC1CCCN(c2cc(C(=O)Nc3ccc(N4CCCCC4)cc3)ccn2)C1. The van der Waals surface area contributed by atoms with Gasteiger partial charge in [-0.15, -0.1) is 0 Å². The molecule has 0 radical (unpaired) electrons. The molecule has 1 amide bonds. The molecule has 1 aromatic carbocycles. The number of anilines is 3. The van der Waals surface area contributed by atoms with E-state index in [2.05, 4.69) is 39.2 Å². The number of benzene rings is 1. The lowest BCUT2D eigenvalue weighted by atomic mass is 10.0. The normalized spacial score (nSPS) is 20.1. The Balaban J connectivity index is 1.41. The fourth-order valence-corrected chi connectivity index (χ4v) is 4.24. The lowest BCUT2D eigenvalue weighted by Crippen LogP contribution is -2.34. The van der Waals surface area contributed by atoms with Gasteiger partial charge in [-0.2, -0.15) is 0 Å². The Kier molecular flexibility index (Phi) is 5.79. The third kappa shape index (κ3) is 4.46. The summed E-state index contributed by atoms with van der Waals surface area (Å²) in [5.74, 6) is 1.49. The van der Waals surface area contributed by atoms with Gasteiger partial charge in [0.25, 0.3) is 5.91 Å². The second-order valence-electron chi connectivity index (χ2n) is 8.14. The number of hydrogen-bond donors (Lipinski definition) is 1. The monoisotopic (exact) mass is 378 g/mol. The van der Waals surface area contributed by atoms with Gasteiger partial charge in [0, 0.05) is 49.3 Å². The number of nitrogens with zero attached hydrogens (tertiary/aromatic N) is 3. The Morgan fingerprint density at radius 2 is 1.75 bits per heavy atom. The van der Waals surface area contributed by atoms with Gasteiger partial charge in [-0.3, -0.25) is 4.79 Å². The number of hydrogen-bond acceptors (Lipinski definition) is 4. The van der Waals surface area contributed by atoms with Gasteiger partial charge in [0.1, 0.15) is 5.82 Å². The van der Waals surface area contributed by atoms with E-state index in [1.165, 1.54) is 37.8 Å². The minimum absolute atomic E-state index is 0.0839. The molecule has 2 aliphatic rings. The van der Waals surface area contributed by atoms with E-state index in [4.69, 9.17) is 0 Å². The van der Waals surface area contributed by atoms with Crippen LogP contribution in [0, 0.1) is 5.92 Å². The lowest BCUT2D eigenvalue weighted by molar-refractivity contribution is 0.102. The Labute approximate surface area is 167 Å². The van der Waals surface area contributed by atoms with Gasteiger partial charge < -0.3 is 15.1 Å². The third-order valence-electron chi connectivity index (χ3n) is 5.84. The highest BCUT2D eigenvalue weighted by atomic mass is 16.1. The van der Waals surface area contributed by atoms with Crippen LogP contribution in [0.3, 0.4) is 0 Å². The number of nitrogens with one attached hydrogen (secondary N) is 1. The lowest BCUT2D eigenvalue weighted by Gasteiger charge is -2.31. The Hall–Kier alpha value is -2.56. The summed E-state index contributed by atoms with van der Waals surface area (Å²) in [5.41, 5.74) is 2.72. The topological polar surface area (TPSA) is 48.5 Å². The molecule has 4 rings (SSSR count). The van der Waals surface area contributed by atoms with Crippen molar-refractivity contribution in [3.63, 3.8) is 0 Å². The summed E-state index contributed by atoms with van der Waals surface area (Å²) in [5, 5.41) is 3.02. The van der Waals surface area contributed by atoms with Gasteiger partial charge in [0.05, 0.1) is 0 Å². The molecule has 2 aliphatic heterocycles. The van der Waals surface area contributed by atoms with Gasteiger partial charge in [-0.1, -0.05) is 6.92 Å². The van der Waals surface area contributed by atoms with Crippen molar-refractivity contribution in [2.45, 2.75) is 39.0 Å². The predicted octanol–water partition coefficient (Wildman–Crippen LogP) is 4.56. The molecule has 0 aliphatic carbocycles. The van der Waals surface area contributed by atoms with Gasteiger partial charge >= 0.3 is 0 Å². The molecule has 1 N–H and O–H groups in total. The average Bonchev–Trinajstić information content (AvgIpc) is 2.75. The number of pyridine rings is 1. The van der Waals surface area contributed by atoms with E-state index < -0.39 is 0 Å². The van der Waals surface area contributed by atoms with Crippen LogP contribution in [0.1, 0.15) is 49.4 Å². The van der Waals surface area contributed by atoms with Crippen LogP contribution < -0.4 is 15.1 Å². The Morgan fingerprint density at radius 3 is 2.50 bits per heavy atom. The van der Waals surface area contributed by atoms with E-state index in [0.717, 1.165) is 37.7 Å². The molecule has 28 heavy (non-hydrogen) atoms. The molecule has 1 aromatic heterocycles. The van der Waals surface area contributed by atoms with Crippen LogP contribution in [0.2, 0.25) is 0 Å². The van der Waals surface area contributed by atoms with E-state index in [1.54, 1.807) is 12.3 Å². The van der Waals surface area contributed by atoms with Crippen molar-refractivity contribution in [2.75, 3.05) is 41.3 Å². The van der Waals surface area contributed by atoms with Crippen LogP contribution in [0.4, 0.5) is 17.2 Å². The molecule has 1 atom stereocenters. The zero-order chi connectivity index (χ0) is 19.3. The van der Waals surface area contributed by atoms with Crippen LogP contribution in [0.5, 0.6) is 0 Å². The molecule has 2 saturated heterocycles. The average molecular weight is 379 g/mol. The van der Waals surface area contributed by atoms with Gasteiger partial charge in [-0.25, -0.2) is 4.98 Å². The highest BCUT2D eigenvalue weighted by Gasteiger charge is 2.19. The maximum atomic E-state index is 12.7. The Morgan fingerprint density at radius 1 is 1.00 bits per heavy atom. The van der Waals surface area contributed by atoms with E-state index >= 15 is 0 Å². The largest absolute Gasteiger partial charge is 0.372 e. The summed E-state index contributed by atoms with van der Waals surface area (Å²) in [6.07, 6.45) is 8.04. The van der Waals surface area contributed by atoms with Crippen molar-refractivity contribution < 1.29 is 4.79 Å². The summed E-state index contributed by atoms with van der Waals surface area (Å²) < 4.78 is 0. The quantitative estimate of drug-likeness (QED) is 0.847. The van der Waals surface area contributed by atoms with Crippen molar-refractivity contribution in [1.82, 2.24) is 4.98 Å². The van der Waals surface area contributed by atoms with Crippen molar-refractivity contribution in [3.8, 4) is 0 Å². The summed E-state index contributed by atoms with van der Waals surface area (Å²) in [4.78, 5) is 21.9. The molecule has 0 bridgehead atoms. The molecule has 1 unspecified atom stereocenters. The maximum absolute atomic E-state index is 12.7. The molecule has 5 nitrogen and oxygen atoms in total. The van der Waals surface area contributed by atoms with Gasteiger partial charge in [0.2, 0.25) is 0 Å². The molecule has 2 aromatic rings. The third-order valence-corrected chi connectivity index (χ3v) is 5.84. The van der Waals surface area contributed by atoms with Crippen LogP contribution in [-0.4, -0.2) is 37.1 Å². The minimum Gasteiger partial charge on any atom is -0.372 e. The van der Waals surface area contributed by atoms with Crippen molar-refractivity contribution >= 4 is 23.1 Å². The number of carbonyl (C=O) groups is 1. The predicted molar refractivity (Wildman–Crippen MR) is 115 cm³/mol. The summed E-state index contributed by atoms with van der Waals surface area (Å²) in [6, 6.07) is 11.9. The first kappa shape index (κ1) is 18.8. The van der Waals surface area contributed by atoms with E-state index in [9.17, 15) is 4.79 Å². The smallest absolute Gasteiger partial charge is 0.255 e. The van der Waals surface area contributed by atoms with Gasteiger partial charge in [-0.05, 0) is 74.4 Å². The summed E-state index contributed by atoms with van der Waals surface area (Å²) in [7, 11) is 0. The van der Waals surface area contributed by atoms with Crippen LogP contribution in [0.15, 0.2) is 42.6 Å².